The van der Waals surface area contributed by atoms with Gasteiger partial charge in [0.05, 0.1) is 12.5 Å². The van der Waals surface area contributed by atoms with Crippen molar-refractivity contribution in [3.8, 4) is 0 Å². The van der Waals surface area contributed by atoms with Crippen molar-refractivity contribution >= 4 is 41.4 Å². The standard InChI is InChI=1S/C24H37N5O6S/c1-4-14(2)20(23(33)28-18(24(34)35)12-15-8-6-5-7-9-15)29-22(32)17(10-11-36-3)27-21(31)16(25)13-19(26)30/h5-9,14,16-18,20H,4,10-13,25H2,1-3H3,(H2,26,30)(H,27,31)(H,28,33)(H,29,32)(H,34,35). The van der Waals surface area contributed by atoms with Gasteiger partial charge in [-0.25, -0.2) is 4.79 Å². The van der Waals surface area contributed by atoms with Crippen LogP contribution < -0.4 is 27.4 Å². The van der Waals surface area contributed by atoms with Crippen molar-refractivity contribution in [2.45, 2.75) is 63.7 Å². The monoisotopic (exact) mass is 523 g/mol. The summed E-state index contributed by atoms with van der Waals surface area (Å²) in [4.78, 5) is 61.5. The van der Waals surface area contributed by atoms with Gasteiger partial charge in [0.1, 0.15) is 18.1 Å². The van der Waals surface area contributed by atoms with Crippen LogP contribution in [0.1, 0.15) is 38.7 Å². The molecule has 0 fully saturated rings. The minimum absolute atomic E-state index is 0.0766. The van der Waals surface area contributed by atoms with Crippen LogP contribution in [0.15, 0.2) is 30.3 Å². The largest absolute Gasteiger partial charge is 0.480 e. The number of carboxylic acids is 1. The molecule has 1 rings (SSSR count). The van der Waals surface area contributed by atoms with Crippen LogP contribution >= 0.6 is 11.8 Å². The number of benzene rings is 1. The van der Waals surface area contributed by atoms with Gasteiger partial charge in [0, 0.05) is 6.42 Å². The van der Waals surface area contributed by atoms with Gasteiger partial charge in [-0.05, 0) is 29.9 Å². The summed E-state index contributed by atoms with van der Waals surface area (Å²) < 4.78 is 0. The lowest BCUT2D eigenvalue weighted by molar-refractivity contribution is -0.142. The van der Waals surface area contributed by atoms with Gasteiger partial charge in [-0.1, -0.05) is 50.6 Å². The van der Waals surface area contributed by atoms with E-state index in [-0.39, 0.29) is 25.2 Å². The van der Waals surface area contributed by atoms with Crippen LogP contribution in [0.5, 0.6) is 0 Å². The van der Waals surface area contributed by atoms with Gasteiger partial charge in [-0.2, -0.15) is 11.8 Å². The highest BCUT2D eigenvalue weighted by atomic mass is 32.2. The molecule has 1 aromatic rings. The van der Waals surface area contributed by atoms with Crippen molar-refractivity contribution in [1.29, 1.82) is 0 Å². The molecule has 12 heteroatoms. The zero-order chi connectivity index (χ0) is 27.3. The Morgan fingerprint density at radius 3 is 2.11 bits per heavy atom. The van der Waals surface area contributed by atoms with Crippen molar-refractivity contribution in [2.75, 3.05) is 12.0 Å². The summed E-state index contributed by atoms with van der Waals surface area (Å²) in [5.74, 6) is -3.71. The minimum Gasteiger partial charge on any atom is -0.480 e. The number of rotatable bonds is 16. The van der Waals surface area contributed by atoms with E-state index in [2.05, 4.69) is 16.0 Å². The Bertz CT molecular complexity index is 900. The Labute approximate surface area is 215 Å². The molecule has 0 aliphatic rings. The molecule has 0 aliphatic carbocycles. The van der Waals surface area contributed by atoms with Gasteiger partial charge in [-0.15, -0.1) is 0 Å². The second-order valence-electron chi connectivity index (χ2n) is 8.58. The molecular weight excluding hydrogens is 486 g/mol. The summed E-state index contributed by atoms with van der Waals surface area (Å²) in [5.41, 5.74) is 11.5. The lowest BCUT2D eigenvalue weighted by Gasteiger charge is -2.28. The highest BCUT2D eigenvalue weighted by molar-refractivity contribution is 7.98. The Morgan fingerprint density at radius 2 is 1.58 bits per heavy atom. The van der Waals surface area contributed by atoms with E-state index in [9.17, 15) is 29.1 Å². The Balaban J connectivity index is 3.01. The molecule has 8 N–H and O–H groups in total. The van der Waals surface area contributed by atoms with E-state index in [0.29, 0.717) is 12.2 Å². The summed E-state index contributed by atoms with van der Waals surface area (Å²) >= 11 is 1.46. The maximum absolute atomic E-state index is 13.1. The van der Waals surface area contributed by atoms with Gasteiger partial charge in [0.25, 0.3) is 0 Å². The SMILES string of the molecule is CCC(C)C(NC(=O)C(CCSC)NC(=O)C(N)CC(N)=O)C(=O)NC(Cc1ccccc1)C(=O)O. The zero-order valence-electron chi connectivity index (χ0n) is 20.9. The fourth-order valence-corrected chi connectivity index (χ4v) is 3.83. The van der Waals surface area contributed by atoms with Crippen molar-refractivity contribution in [1.82, 2.24) is 16.0 Å². The summed E-state index contributed by atoms with van der Waals surface area (Å²) in [6.45, 7) is 3.60. The fraction of sp³-hybridized carbons (Fsp3) is 0.542. The predicted molar refractivity (Wildman–Crippen MR) is 138 cm³/mol. The van der Waals surface area contributed by atoms with Gasteiger partial charge in [-0.3, -0.25) is 19.2 Å². The number of hydrogen-bond donors (Lipinski definition) is 6. The van der Waals surface area contributed by atoms with Crippen molar-refractivity contribution < 1.29 is 29.1 Å². The van der Waals surface area contributed by atoms with Crippen molar-refractivity contribution in [3.63, 3.8) is 0 Å². The molecule has 0 saturated carbocycles. The zero-order valence-corrected chi connectivity index (χ0v) is 21.7. The van der Waals surface area contributed by atoms with E-state index in [1.165, 1.54) is 11.8 Å². The lowest BCUT2D eigenvalue weighted by Crippen LogP contribution is -2.59. The highest BCUT2D eigenvalue weighted by Crippen LogP contribution is 2.11. The maximum Gasteiger partial charge on any atom is 0.326 e. The number of nitrogens with two attached hydrogens (primary N) is 2. The molecule has 1 aromatic carbocycles. The quantitative estimate of drug-likeness (QED) is 0.171. The van der Waals surface area contributed by atoms with Crippen LogP contribution in [0.2, 0.25) is 0 Å². The van der Waals surface area contributed by atoms with E-state index in [1.54, 1.807) is 37.3 Å². The van der Waals surface area contributed by atoms with Crippen LogP contribution in [0.25, 0.3) is 0 Å². The molecule has 0 heterocycles. The molecule has 0 spiro atoms. The van der Waals surface area contributed by atoms with Crippen LogP contribution in [0.4, 0.5) is 0 Å². The van der Waals surface area contributed by atoms with Gasteiger partial charge in [0.2, 0.25) is 23.6 Å². The maximum atomic E-state index is 13.1. The van der Waals surface area contributed by atoms with Crippen LogP contribution in [0.3, 0.4) is 0 Å². The van der Waals surface area contributed by atoms with Crippen LogP contribution in [-0.4, -0.2) is 70.9 Å². The van der Waals surface area contributed by atoms with E-state index < -0.39 is 53.8 Å². The average molecular weight is 524 g/mol. The summed E-state index contributed by atoms with van der Waals surface area (Å²) in [6.07, 6.45) is 2.32. The molecule has 0 radical (unpaired) electrons. The fourth-order valence-electron chi connectivity index (χ4n) is 3.36. The Kier molecular flexibility index (Phi) is 13.6. The van der Waals surface area contributed by atoms with Gasteiger partial charge >= 0.3 is 5.97 Å². The van der Waals surface area contributed by atoms with E-state index in [4.69, 9.17) is 11.5 Å². The van der Waals surface area contributed by atoms with Crippen LogP contribution in [-0.2, 0) is 30.4 Å². The predicted octanol–water partition coefficient (Wildman–Crippen LogP) is -0.230. The number of primary amides is 1. The molecule has 36 heavy (non-hydrogen) atoms. The third kappa shape index (κ3) is 10.6. The third-order valence-electron chi connectivity index (χ3n) is 5.69. The summed E-state index contributed by atoms with van der Waals surface area (Å²) in [6, 6.07) is 4.43. The Morgan fingerprint density at radius 1 is 0.972 bits per heavy atom. The smallest absolute Gasteiger partial charge is 0.326 e. The van der Waals surface area contributed by atoms with Crippen LogP contribution in [0, 0.1) is 5.92 Å². The molecule has 4 amide bonds. The topological polar surface area (TPSA) is 194 Å². The number of thioether (sulfide) groups is 1. The van der Waals surface area contributed by atoms with E-state index >= 15 is 0 Å². The number of amides is 4. The summed E-state index contributed by atoms with van der Waals surface area (Å²) in [7, 11) is 0. The Hall–Kier alpha value is -3.12. The lowest BCUT2D eigenvalue weighted by atomic mass is 9.96. The molecule has 5 atom stereocenters. The first kappa shape index (κ1) is 30.9. The first-order valence-corrected chi connectivity index (χ1v) is 13.1. The first-order chi connectivity index (χ1) is 17.0. The number of nitrogens with one attached hydrogen (secondary N) is 3. The molecule has 0 aromatic heterocycles. The average Bonchev–Trinajstić information content (AvgIpc) is 2.83. The van der Waals surface area contributed by atoms with E-state index in [0.717, 1.165) is 5.56 Å². The van der Waals surface area contributed by atoms with Crippen molar-refractivity contribution in [3.05, 3.63) is 35.9 Å². The molecule has 0 aliphatic heterocycles. The summed E-state index contributed by atoms with van der Waals surface area (Å²) in [5, 5.41) is 17.4. The molecule has 0 saturated heterocycles. The number of carboxylic acid groups (broad SMARTS) is 1. The molecule has 5 unspecified atom stereocenters. The minimum atomic E-state index is -1.21. The third-order valence-corrected chi connectivity index (χ3v) is 6.34. The normalized spacial score (nSPS) is 15.0. The highest BCUT2D eigenvalue weighted by Gasteiger charge is 2.32. The molecule has 11 nitrogen and oxygen atoms in total. The number of carbonyl (C=O) groups excluding carboxylic acids is 4. The number of aliphatic carboxylic acids is 1. The number of carbonyl (C=O) groups is 5. The number of hydrogen-bond acceptors (Lipinski definition) is 7. The second-order valence-corrected chi connectivity index (χ2v) is 9.57. The second kappa shape index (κ2) is 15.8. The van der Waals surface area contributed by atoms with Crippen molar-refractivity contribution in [2.24, 2.45) is 17.4 Å². The molecule has 0 bridgehead atoms. The van der Waals surface area contributed by atoms with Gasteiger partial charge in [0.15, 0.2) is 0 Å². The van der Waals surface area contributed by atoms with Gasteiger partial charge < -0.3 is 32.5 Å². The van der Waals surface area contributed by atoms with E-state index in [1.807, 2.05) is 13.2 Å². The first-order valence-electron chi connectivity index (χ1n) is 11.7. The molecular formula is C24H37N5O6S. The molecule has 200 valence electrons.